The number of carbonyl (C=O) groups is 1. The Labute approximate surface area is 139 Å². The summed E-state index contributed by atoms with van der Waals surface area (Å²) in [5.41, 5.74) is -0.232. The molecule has 0 heterocycles. The van der Waals surface area contributed by atoms with Crippen LogP contribution in [0.3, 0.4) is 0 Å². The summed E-state index contributed by atoms with van der Waals surface area (Å²) in [5.74, 6) is 0.0411. The number of ketones is 1. The van der Waals surface area contributed by atoms with Crippen LogP contribution in [0, 0.1) is 0 Å². The van der Waals surface area contributed by atoms with E-state index in [0.717, 1.165) is 16.6 Å². The van der Waals surface area contributed by atoms with Crippen LogP contribution in [0.5, 0.6) is 5.75 Å². The Morgan fingerprint density at radius 1 is 1.17 bits per heavy atom. The maximum atomic E-state index is 12.7. The lowest BCUT2D eigenvalue weighted by Crippen LogP contribution is -2.06. The summed E-state index contributed by atoms with van der Waals surface area (Å²) in [6, 6.07) is 9.57. The Morgan fingerprint density at radius 2 is 1.91 bits per heavy atom. The molecule has 120 valence electrons. The lowest BCUT2D eigenvalue weighted by Gasteiger charge is -2.07. The molecule has 0 radical (unpaired) electrons. The zero-order valence-electron chi connectivity index (χ0n) is 12.0. The maximum absolute atomic E-state index is 12.7. The second-order valence-corrected chi connectivity index (χ2v) is 5.58. The summed E-state index contributed by atoms with van der Waals surface area (Å²) < 4.78 is 44.0. The van der Waals surface area contributed by atoms with Crippen molar-refractivity contribution in [1.82, 2.24) is 0 Å². The Bertz CT molecular complexity index is 752. The first-order valence-corrected chi connectivity index (χ1v) is 7.34. The van der Waals surface area contributed by atoms with Gasteiger partial charge in [-0.2, -0.15) is 13.2 Å². The van der Waals surface area contributed by atoms with Gasteiger partial charge in [-0.1, -0.05) is 28.1 Å². The van der Waals surface area contributed by atoms with Crippen LogP contribution >= 0.6 is 15.9 Å². The van der Waals surface area contributed by atoms with Crippen molar-refractivity contribution in [2.45, 2.75) is 6.18 Å². The number of hydrogen-bond donors (Lipinski definition) is 0. The van der Waals surface area contributed by atoms with E-state index in [-0.39, 0.29) is 5.56 Å². The number of rotatable bonds is 4. The SMILES string of the molecule is COc1ccc(Br)cc1C=CC(=O)c1cccc(C(F)(F)F)c1. The van der Waals surface area contributed by atoms with Crippen molar-refractivity contribution in [2.24, 2.45) is 0 Å². The smallest absolute Gasteiger partial charge is 0.416 e. The Kier molecular flexibility index (Phi) is 5.26. The monoisotopic (exact) mass is 384 g/mol. The number of hydrogen-bond acceptors (Lipinski definition) is 2. The van der Waals surface area contributed by atoms with Gasteiger partial charge in [0.15, 0.2) is 5.78 Å². The average Bonchev–Trinajstić information content (AvgIpc) is 2.52. The molecule has 0 N–H and O–H groups in total. The van der Waals surface area contributed by atoms with E-state index in [1.54, 1.807) is 18.2 Å². The predicted octanol–water partition coefficient (Wildman–Crippen LogP) is 5.37. The van der Waals surface area contributed by atoms with Gasteiger partial charge in [0, 0.05) is 15.6 Å². The molecule has 2 aromatic rings. The van der Waals surface area contributed by atoms with E-state index in [1.807, 2.05) is 0 Å². The van der Waals surface area contributed by atoms with Crippen LogP contribution in [0.15, 0.2) is 53.0 Å². The molecular formula is C17H12BrF3O2. The third-order valence-corrected chi connectivity index (χ3v) is 3.57. The summed E-state index contributed by atoms with van der Waals surface area (Å²) in [5, 5.41) is 0. The molecule has 0 aliphatic carbocycles. The average molecular weight is 385 g/mol. The van der Waals surface area contributed by atoms with Crippen molar-refractivity contribution in [3.05, 3.63) is 69.7 Å². The van der Waals surface area contributed by atoms with Gasteiger partial charge in [0.2, 0.25) is 0 Å². The highest BCUT2D eigenvalue weighted by molar-refractivity contribution is 9.10. The number of benzene rings is 2. The third kappa shape index (κ3) is 4.45. The highest BCUT2D eigenvalue weighted by atomic mass is 79.9. The normalized spacial score (nSPS) is 11.7. The molecule has 0 saturated carbocycles. The van der Waals surface area contributed by atoms with E-state index in [9.17, 15) is 18.0 Å². The number of allylic oxidation sites excluding steroid dienone is 1. The minimum Gasteiger partial charge on any atom is -0.496 e. The molecule has 6 heteroatoms. The van der Waals surface area contributed by atoms with Crippen molar-refractivity contribution in [3.8, 4) is 5.75 Å². The fourth-order valence-corrected chi connectivity index (χ4v) is 2.32. The molecule has 0 fully saturated rings. The molecular weight excluding hydrogens is 373 g/mol. The largest absolute Gasteiger partial charge is 0.496 e. The highest BCUT2D eigenvalue weighted by Gasteiger charge is 2.30. The highest BCUT2D eigenvalue weighted by Crippen LogP contribution is 2.30. The van der Waals surface area contributed by atoms with Gasteiger partial charge in [0.05, 0.1) is 12.7 Å². The summed E-state index contributed by atoms with van der Waals surface area (Å²) in [6.07, 6.45) is -1.75. The number of halogens is 4. The molecule has 2 rings (SSSR count). The number of carbonyl (C=O) groups excluding carboxylic acids is 1. The maximum Gasteiger partial charge on any atom is 0.416 e. The van der Waals surface area contributed by atoms with Crippen LogP contribution in [0.1, 0.15) is 21.5 Å². The Morgan fingerprint density at radius 3 is 2.57 bits per heavy atom. The third-order valence-electron chi connectivity index (χ3n) is 3.08. The second kappa shape index (κ2) is 7.00. The quantitative estimate of drug-likeness (QED) is 0.522. The molecule has 0 unspecified atom stereocenters. The van der Waals surface area contributed by atoms with Gasteiger partial charge in [0.1, 0.15) is 5.75 Å². The molecule has 0 saturated heterocycles. The number of ether oxygens (including phenoxy) is 1. The van der Waals surface area contributed by atoms with Crippen LogP contribution in [0.2, 0.25) is 0 Å². The van der Waals surface area contributed by atoms with E-state index in [4.69, 9.17) is 4.74 Å². The molecule has 23 heavy (non-hydrogen) atoms. The van der Waals surface area contributed by atoms with Gasteiger partial charge in [0.25, 0.3) is 0 Å². The van der Waals surface area contributed by atoms with Crippen molar-refractivity contribution >= 4 is 27.8 Å². The van der Waals surface area contributed by atoms with Crippen LogP contribution in [-0.4, -0.2) is 12.9 Å². The minimum atomic E-state index is -4.48. The van der Waals surface area contributed by atoms with Gasteiger partial charge in [-0.05, 0) is 42.5 Å². The van der Waals surface area contributed by atoms with Crippen LogP contribution in [0.25, 0.3) is 6.08 Å². The predicted molar refractivity (Wildman–Crippen MR) is 85.5 cm³/mol. The molecule has 2 aromatic carbocycles. The second-order valence-electron chi connectivity index (χ2n) is 4.66. The lowest BCUT2D eigenvalue weighted by molar-refractivity contribution is -0.137. The molecule has 2 nitrogen and oxygen atoms in total. The van der Waals surface area contributed by atoms with E-state index in [1.165, 1.54) is 31.4 Å². The number of alkyl halides is 3. The Hall–Kier alpha value is -2.08. The van der Waals surface area contributed by atoms with E-state index >= 15 is 0 Å². The zero-order valence-corrected chi connectivity index (χ0v) is 13.6. The molecule has 0 spiro atoms. The molecule has 0 aliphatic rings. The molecule has 0 aromatic heterocycles. The molecule has 0 amide bonds. The van der Waals surface area contributed by atoms with Crippen LogP contribution in [-0.2, 0) is 6.18 Å². The summed E-state index contributed by atoms with van der Waals surface area (Å²) >= 11 is 3.31. The van der Waals surface area contributed by atoms with Crippen LogP contribution < -0.4 is 4.74 Å². The topological polar surface area (TPSA) is 26.3 Å². The first-order valence-electron chi connectivity index (χ1n) is 6.54. The van der Waals surface area contributed by atoms with Gasteiger partial charge in [-0.3, -0.25) is 4.79 Å². The molecule has 0 bridgehead atoms. The summed E-state index contributed by atoms with van der Waals surface area (Å²) in [7, 11) is 1.50. The fraction of sp³-hybridized carbons (Fsp3) is 0.118. The Balaban J connectivity index is 2.27. The van der Waals surface area contributed by atoms with Gasteiger partial charge in [-0.15, -0.1) is 0 Å². The summed E-state index contributed by atoms with van der Waals surface area (Å²) in [4.78, 5) is 12.1. The molecule has 0 aliphatic heterocycles. The lowest BCUT2D eigenvalue weighted by atomic mass is 10.1. The minimum absolute atomic E-state index is 0.0231. The van der Waals surface area contributed by atoms with E-state index in [0.29, 0.717) is 11.3 Å². The standard InChI is InChI=1S/C17H12BrF3O2/c1-23-16-8-6-14(18)10-12(16)5-7-15(22)11-3-2-4-13(9-11)17(19,20)21/h2-10H,1H3. The molecule has 0 atom stereocenters. The van der Waals surface area contributed by atoms with Gasteiger partial charge in [-0.25, -0.2) is 0 Å². The van der Waals surface area contributed by atoms with Crippen molar-refractivity contribution in [1.29, 1.82) is 0 Å². The van der Waals surface area contributed by atoms with Gasteiger partial charge >= 0.3 is 6.18 Å². The fourth-order valence-electron chi connectivity index (χ4n) is 1.95. The first kappa shape index (κ1) is 17.3. The van der Waals surface area contributed by atoms with Gasteiger partial charge < -0.3 is 4.74 Å². The van der Waals surface area contributed by atoms with Crippen molar-refractivity contribution < 1.29 is 22.7 Å². The van der Waals surface area contributed by atoms with Crippen molar-refractivity contribution in [3.63, 3.8) is 0 Å². The number of methoxy groups -OCH3 is 1. The van der Waals surface area contributed by atoms with Crippen LogP contribution in [0.4, 0.5) is 13.2 Å². The zero-order chi connectivity index (χ0) is 17.0. The van der Waals surface area contributed by atoms with E-state index < -0.39 is 17.5 Å². The van der Waals surface area contributed by atoms with E-state index in [2.05, 4.69) is 15.9 Å². The summed E-state index contributed by atoms with van der Waals surface area (Å²) in [6.45, 7) is 0. The van der Waals surface area contributed by atoms with Crippen molar-refractivity contribution in [2.75, 3.05) is 7.11 Å². The first-order chi connectivity index (χ1) is 10.8.